The molecule has 0 spiro atoms. The number of carbonyl (C=O) groups is 1. The number of nitriles is 1. The Balaban J connectivity index is 0.00000280. The zero-order valence-corrected chi connectivity index (χ0v) is 21.2. The van der Waals surface area contributed by atoms with Crippen molar-refractivity contribution >= 4 is 41.0 Å². The first-order chi connectivity index (χ1) is 17.6. The zero-order chi connectivity index (χ0) is 24.6. The highest BCUT2D eigenvalue weighted by Crippen LogP contribution is 2.42. The third-order valence-corrected chi connectivity index (χ3v) is 7.00. The van der Waals surface area contributed by atoms with Crippen molar-refractivity contribution in [3.63, 3.8) is 0 Å². The highest BCUT2D eigenvalue weighted by molar-refractivity contribution is 5.85. The Labute approximate surface area is 221 Å². The van der Waals surface area contributed by atoms with E-state index in [1.54, 1.807) is 18.3 Å². The number of ether oxygens (including phenoxy) is 1. The van der Waals surface area contributed by atoms with Crippen LogP contribution in [0.3, 0.4) is 0 Å². The van der Waals surface area contributed by atoms with Gasteiger partial charge >= 0.3 is 5.97 Å². The molecule has 9 heteroatoms. The average molecular weight is 515 g/mol. The minimum Gasteiger partial charge on any atom is -0.460 e. The molecular weight excluding hydrogens is 488 g/mol. The molecule has 37 heavy (non-hydrogen) atoms. The van der Waals surface area contributed by atoms with Gasteiger partial charge in [0.25, 0.3) is 0 Å². The van der Waals surface area contributed by atoms with Gasteiger partial charge in [0.1, 0.15) is 17.7 Å². The Kier molecular flexibility index (Phi) is 6.81. The van der Waals surface area contributed by atoms with E-state index >= 15 is 0 Å². The smallest absolute Gasteiger partial charge is 0.302 e. The molecule has 2 aliphatic rings. The molecule has 1 aromatic carbocycles. The second-order valence-electron chi connectivity index (χ2n) is 9.61. The number of nitrogens with one attached hydrogen (secondary N) is 1. The number of benzene rings is 1. The quantitative estimate of drug-likeness (QED) is 0.311. The molecule has 4 aromatic rings. The molecule has 0 aliphatic heterocycles. The van der Waals surface area contributed by atoms with Crippen molar-refractivity contribution in [3.8, 4) is 17.3 Å². The highest BCUT2D eigenvalue weighted by Gasteiger charge is 2.32. The fourth-order valence-electron chi connectivity index (χ4n) is 5.14. The van der Waals surface area contributed by atoms with Crippen LogP contribution in [0.4, 0.5) is 11.6 Å². The SMILES string of the molecule is CC(=O)O[C@H]1CCC[C@@H]1n1cnc2ccc(-c3cc(C4CC4)cc(Nc4cc(C#N)ccn4)n3)cc21.Cl. The lowest BCUT2D eigenvalue weighted by molar-refractivity contribution is -0.147. The van der Waals surface area contributed by atoms with Crippen molar-refractivity contribution < 1.29 is 9.53 Å². The minimum atomic E-state index is -0.243. The van der Waals surface area contributed by atoms with E-state index in [-0.39, 0.29) is 30.5 Å². The minimum absolute atomic E-state index is 0. The molecule has 0 unspecified atom stereocenters. The number of fused-ring (bicyclic) bond motifs is 1. The van der Waals surface area contributed by atoms with Crippen LogP contribution in [0.1, 0.15) is 62.1 Å². The summed E-state index contributed by atoms with van der Waals surface area (Å²) in [6.45, 7) is 1.47. The third kappa shape index (κ3) is 5.13. The number of imidazole rings is 1. The summed E-state index contributed by atoms with van der Waals surface area (Å²) in [7, 11) is 0. The Morgan fingerprint density at radius 1 is 1.08 bits per heavy atom. The highest BCUT2D eigenvalue weighted by atomic mass is 35.5. The number of carbonyl (C=O) groups excluding carboxylic acids is 1. The van der Waals surface area contributed by atoms with Crippen LogP contribution in [0.25, 0.3) is 22.3 Å². The predicted molar refractivity (Wildman–Crippen MR) is 143 cm³/mol. The van der Waals surface area contributed by atoms with Gasteiger partial charge in [0, 0.05) is 18.7 Å². The van der Waals surface area contributed by atoms with Crippen LogP contribution < -0.4 is 5.32 Å². The van der Waals surface area contributed by atoms with Gasteiger partial charge in [-0.05, 0) is 80.0 Å². The van der Waals surface area contributed by atoms with Crippen molar-refractivity contribution in [1.82, 2.24) is 19.5 Å². The molecule has 0 amide bonds. The monoisotopic (exact) mass is 514 g/mol. The summed E-state index contributed by atoms with van der Waals surface area (Å²) < 4.78 is 7.77. The number of halogens is 1. The maximum atomic E-state index is 11.6. The Bertz CT molecular complexity index is 1510. The summed E-state index contributed by atoms with van der Waals surface area (Å²) in [5.74, 6) is 1.60. The number of rotatable bonds is 6. The molecule has 1 N–H and O–H groups in total. The largest absolute Gasteiger partial charge is 0.460 e. The second-order valence-corrected chi connectivity index (χ2v) is 9.61. The molecule has 6 rings (SSSR count). The fourth-order valence-corrected chi connectivity index (χ4v) is 5.14. The number of anilines is 2. The normalized spacial score (nSPS) is 18.7. The van der Waals surface area contributed by atoms with Gasteiger partial charge in [-0.15, -0.1) is 12.4 Å². The van der Waals surface area contributed by atoms with Crippen LogP contribution >= 0.6 is 12.4 Å². The van der Waals surface area contributed by atoms with Crippen molar-refractivity contribution in [2.24, 2.45) is 0 Å². The van der Waals surface area contributed by atoms with Crippen molar-refractivity contribution in [2.75, 3.05) is 5.32 Å². The van der Waals surface area contributed by atoms with Crippen LogP contribution in [-0.4, -0.2) is 31.6 Å². The Morgan fingerprint density at radius 2 is 1.95 bits per heavy atom. The summed E-state index contributed by atoms with van der Waals surface area (Å²) in [5, 5.41) is 12.5. The van der Waals surface area contributed by atoms with Gasteiger partial charge in [0.15, 0.2) is 0 Å². The molecule has 2 atom stereocenters. The van der Waals surface area contributed by atoms with Crippen LogP contribution in [-0.2, 0) is 9.53 Å². The first-order valence-electron chi connectivity index (χ1n) is 12.4. The molecule has 2 saturated carbocycles. The molecule has 3 heterocycles. The van der Waals surface area contributed by atoms with Crippen LogP contribution in [0.15, 0.2) is 55.0 Å². The van der Waals surface area contributed by atoms with E-state index in [4.69, 9.17) is 9.72 Å². The molecule has 188 valence electrons. The first-order valence-corrected chi connectivity index (χ1v) is 12.4. The topological polar surface area (TPSA) is 106 Å². The van der Waals surface area contributed by atoms with Crippen LogP contribution in [0.5, 0.6) is 0 Å². The van der Waals surface area contributed by atoms with Crippen LogP contribution in [0.2, 0.25) is 0 Å². The summed E-state index contributed by atoms with van der Waals surface area (Å²) in [5.41, 5.74) is 5.57. The standard InChI is InChI=1S/C28H26N6O2.ClH/c1-17(35)36-26-4-2-3-24(26)34-16-31-22-8-7-20(13-25(22)34)23-12-21(19-5-6-19)14-28(32-23)33-27-11-18(15-29)9-10-30-27;/h7-14,16,19,24,26H,2-6H2,1H3,(H,30,32,33);1H/t24-,26-;/m0./s1. The van der Waals surface area contributed by atoms with Gasteiger partial charge in [-0.2, -0.15) is 5.26 Å². The zero-order valence-electron chi connectivity index (χ0n) is 20.4. The summed E-state index contributed by atoms with van der Waals surface area (Å²) in [4.78, 5) is 25.5. The molecule has 0 saturated heterocycles. The molecule has 8 nitrogen and oxygen atoms in total. The number of hydrogen-bond donors (Lipinski definition) is 1. The van der Waals surface area contributed by atoms with Gasteiger partial charge in [0.2, 0.25) is 0 Å². The van der Waals surface area contributed by atoms with Gasteiger partial charge in [-0.25, -0.2) is 15.0 Å². The summed E-state index contributed by atoms with van der Waals surface area (Å²) >= 11 is 0. The van der Waals surface area contributed by atoms with E-state index in [9.17, 15) is 10.1 Å². The van der Waals surface area contributed by atoms with Crippen molar-refractivity contribution in [3.05, 3.63) is 66.1 Å². The van der Waals surface area contributed by atoms with Gasteiger partial charge in [0.05, 0.1) is 40.7 Å². The molecule has 0 bridgehead atoms. The third-order valence-electron chi connectivity index (χ3n) is 7.00. The van der Waals surface area contributed by atoms with Crippen molar-refractivity contribution in [1.29, 1.82) is 5.26 Å². The summed E-state index contributed by atoms with van der Waals surface area (Å²) in [6, 6.07) is 16.1. The van der Waals surface area contributed by atoms with E-state index in [2.05, 4.69) is 50.2 Å². The Morgan fingerprint density at radius 3 is 2.73 bits per heavy atom. The van der Waals surface area contributed by atoms with E-state index in [0.29, 0.717) is 23.1 Å². The van der Waals surface area contributed by atoms with E-state index < -0.39 is 0 Å². The van der Waals surface area contributed by atoms with E-state index in [1.165, 1.54) is 25.3 Å². The number of aromatic nitrogens is 4. The lowest BCUT2D eigenvalue weighted by Crippen LogP contribution is -2.23. The molecular formula is C28H27ClN6O2. The number of esters is 1. The average Bonchev–Trinajstić information content (AvgIpc) is 3.51. The Hall–Kier alpha value is -3.96. The number of hydrogen-bond acceptors (Lipinski definition) is 7. The number of nitrogens with zero attached hydrogens (tertiary/aromatic N) is 5. The molecule has 3 aromatic heterocycles. The first kappa shape index (κ1) is 24.7. The maximum absolute atomic E-state index is 11.6. The van der Waals surface area contributed by atoms with E-state index in [1.807, 2.05) is 12.4 Å². The predicted octanol–water partition coefficient (Wildman–Crippen LogP) is 6.06. The van der Waals surface area contributed by atoms with E-state index in [0.717, 1.165) is 41.6 Å². The molecule has 0 radical (unpaired) electrons. The maximum Gasteiger partial charge on any atom is 0.302 e. The second kappa shape index (κ2) is 10.2. The molecule has 2 fully saturated rings. The van der Waals surface area contributed by atoms with Gasteiger partial charge in [-0.1, -0.05) is 6.07 Å². The lowest BCUT2D eigenvalue weighted by Gasteiger charge is -2.21. The number of pyridine rings is 2. The van der Waals surface area contributed by atoms with Gasteiger partial charge in [-0.3, -0.25) is 4.79 Å². The fraction of sp³-hybridized carbons (Fsp3) is 0.321. The summed E-state index contributed by atoms with van der Waals surface area (Å²) in [6.07, 6.45) is 8.53. The van der Waals surface area contributed by atoms with Crippen LogP contribution in [0, 0.1) is 11.3 Å². The van der Waals surface area contributed by atoms with Gasteiger partial charge < -0.3 is 14.6 Å². The van der Waals surface area contributed by atoms with Crippen molar-refractivity contribution in [2.45, 2.75) is 57.1 Å². The molecule has 2 aliphatic carbocycles. The lowest BCUT2D eigenvalue weighted by atomic mass is 10.1.